The molecule has 3 N–H and O–H groups in total. The Morgan fingerprint density at radius 1 is 1.00 bits per heavy atom. The molecule has 1 aliphatic heterocycles. The van der Waals surface area contributed by atoms with Gasteiger partial charge in [-0.2, -0.15) is 0 Å². The molecular formula is C26H22O9. The minimum Gasteiger partial charge on any atom is -0.508 e. The molecule has 0 bridgehead atoms. The van der Waals surface area contributed by atoms with Gasteiger partial charge in [-0.15, -0.1) is 0 Å². The van der Waals surface area contributed by atoms with Crippen LogP contribution in [0.25, 0.3) is 0 Å². The maximum atomic E-state index is 12.8. The minimum atomic E-state index is -1.30. The van der Waals surface area contributed by atoms with Crippen molar-refractivity contribution in [3.8, 4) is 28.7 Å². The van der Waals surface area contributed by atoms with Gasteiger partial charge in [0.05, 0.1) is 18.4 Å². The second-order valence-electron chi connectivity index (χ2n) is 8.36. The van der Waals surface area contributed by atoms with Gasteiger partial charge in [0, 0.05) is 11.6 Å². The molecule has 0 amide bonds. The molecule has 0 fully saturated rings. The van der Waals surface area contributed by atoms with E-state index in [0.717, 1.165) is 0 Å². The molecule has 0 saturated heterocycles. The SMILES string of the molecule is COc1ccc(C2(c3ccc4c(c3)OCO4)c3ccc(O)cc3CC2C(=O)O)c(OCC(=O)O)c1. The first-order chi connectivity index (χ1) is 16.8. The third-order valence-corrected chi connectivity index (χ3v) is 6.55. The standard InChI is InChI=1S/C26H22O9/c1-32-17-4-6-19(22(11-17)33-12-24(28)29)26(15-2-7-21-23(10-15)35-13-34-21)18-5-3-16(27)8-14(18)9-20(26)25(30)31/h2-8,10-11,20,27H,9,12-13H2,1H3,(H,28,29)(H,30,31). The lowest BCUT2D eigenvalue weighted by Crippen LogP contribution is -2.39. The number of ether oxygens (including phenoxy) is 4. The Labute approximate surface area is 200 Å². The molecule has 2 atom stereocenters. The summed E-state index contributed by atoms with van der Waals surface area (Å²) in [5.74, 6) is -1.61. The van der Waals surface area contributed by atoms with Gasteiger partial charge in [0.25, 0.3) is 0 Å². The summed E-state index contributed by atoms with van der Waals surface area (Å²) in [6.45, 7) is -0.578. The van der Waals surface area contributed by atoms with Crippen LogP contribution in [-0.2, 0) is 21.4 Å². The first kappa shape index (κ1) is 22.4. The number of methoxy groups -OCH3 is 1. The average Bonchev–Trinajstić information content (AvgIpc) is 3.44. The predicted molar refractivity (Wildman–Crippen MR) is 122 cm³/mol. The fourth-order valence-corrected chi connectivity index (χ4v) is 5.17. The summed E-state index contributed by atoms with van der Waals surface area (Å²) in [4.78, 5) is 24.1. The van der Waals surface area contributed by atoms with Gasteiger partial charge in [-0.05, 0) is 53.4 Å². The molecule has 0 saturated carbocycles. The van der Waals surface area contributed by atoms with Crippen molar-refractivity contribution in [1.82, 2.24) is 0 Å². The molecule has 9 heteroatoms. The Hall–Kier alpha value is -4.40. The van der Waals surface area contributed by atoms with Crippen molar-refractivity contribution in [1.29, 1.82) is 0 Å². The van der Waals surface area contributed by atoms with Crippen LogP contribution in [0, 0.1) is 5.92 Å². The molecule has 3 aromatic rings. The first-order valence-corrected chi connectivity index (χ1v) is 10.8. The van der Waals surface area contributed by atoms with E-state index in [1.165, 1.54) is 13.2 Å². The van der Waals surface area contributed by atoms with E-state index < -0.39 is 29.9 Å². The van der Waals surface area contributed by atoms with Crippen LogP contribution in [0.15, 0.2) is 54.6 Å². The number of carboxylic acids is 2. The number of hydrogen-bond donors (Lipinski definition) is 3. The predicted octanol–water partition coefficient (Wildman–Crippen LogP) is 3.18. The van der Waals surface area contributed by atoms with Crippen molar-refractivity contribution >= 4 is 11.9 Å². The molecule has 0 radical (unpaired) electrons. The van der Waals surface area contributed by atoms with Gasteiger partial charge in [-0.25, -0.2) is 4.79 Å². The van der Waals surface area contributed by atoms with Crippen molar-refractivity contribution in [2.45, 2.75) is 11.8 Å². The smallest absolute Gasteiger partial charge is 0.341 e. The van der Waals surface area contributed by atoms with E-state index in [1.54, 1.807) is 48.5 Å². The number of phenolic OH excluding ortho intramolecular Hbond substituents is 1. The maximum absolute atomic E-state index is 12.8. The summed E-state index contributed by atoms with van der Waals surface area (Å²) in [6, 6.07) is 14.9. The third-order valence-electron chi connectivity index (χ3n) is 6.55. The third kappa shape index (κ3) is 3.56. The highest BCUT2D eigenvalue weighted by atomic mass is 16.7. The molecule has 3 aromatic carbocycles. The number of benzene rings is 3. The molecule has 0 aromatic heterocycles. The summed E-state index contributed by atoms with van der Waals surface area (Å²) < 4.78 is 22.1. The molecule has 9 nitrogen and oxygen atoms in total. The lowest BCUT2D eigenvalue weighted by Gasteiger charge is -2.37. The number of aromatic hydroxyl groups is 1. The van der Waals surface area contributed by atoms with Crippen LogP contribution in [-0.4, -0.2) is 47.8 Å². The van der Waals surface area contributed by atoms with E-state index >= 15 is 0 Å². The fourth-order valence-electron chi connectivity index (χ4n) is 5.17. The van der Waals surface area contributed by atoms with Gasteiger partial charge >= 0.3 is 11.9 Å². The van der Waals surface area contributed by atoms with E-state index in [9.17, 15) is 24.9 Å². The second kappa shape index (κ2) is 8.43. The van der Waals surface area contributed by atoms with Gasteiger partial charge in [0.15, 0.2) is 18.1 Å². The van der Waals surface area contributed by atoms with Crippen molar-refractivity contribution < 1.29 is 43.9 Å². The van der Waals surface area contributed by atoms with Crippen molar-refractivity contribution in [2.24, 2.45) is 5.92 Å². The van der Waals surface area contributed by atoms with Gasteiger partial charge in [-0.3, -0.25) is 4.79 Å². The molecule has 5 rings (SSSR count). The number of fused-ring (bicyclic) bond motifs is 2. The molecule has 0 spiro atoms. The zero-order valence-electron chi connectivity index (χ0n) is 18.7. The Morgan fingerprint density at radius 2 is 1.77 bits per heavy atom. The van der Waals surface area contributed by atoms with Crippen LogP contribution in [0.3, 0.4) is 0 Å². The van der Waals surface area contributed by atoms with E-state index in [-0.39, 0.29) is 24.7 Å². The monoisotopic (exact) mass is 478 g/mol. The molecular weight excluding hydrogens is 456 g/mol. The highest BCUT2D eigenvalue weighted by Gasteiger charge is 2.54. The number of carboxylic acid groups (broad SMARTS) is 2. The van der Waals surface area contributed by atoms with Crippen molar-refractivity contribution in [3.05, 3.63) is 76.9 Å². The largest absolute Gasteiger partial charge is 0.508 e. The quantitative estimate of drug-likeness (QED) is 0.468. The summed E-state index contributed by atoms with van der Waals surface area (Å²) in [5.41, 5.74) is 1.08. The van der Waals surface area contributed by atoms with Crippen LogP contribution < -0.4 is 18.9 Å². The number of aliphatic carboxylic acids is 2. The highest BCUT2D eigenvalue weighted by molar-refractivity contribution is 5.81. The van der Waals surface area contributed by atoms with Gasteiger partial charge < -0.3 is 34.3 Å². The van der Waals surface area contributed by atoms with Crippen LogP contribution in [0.5, 0.6) is 28.7 Å². The Kier molecular flexibility index (Phi) is 5.39. The summed E-state index contributed by atoms with van der Waals surface area (Å²) in [5, 5.41) is 29.8. The maximum Gasteiger partial charge on any atom is 0.341 e. The van der Waals surface area contributed by atoms with Gasteiger partial charge in [-0.1, -0.05) is 18.2 Å². The minimum absolute atomic E-state index is 0.0199. The number of hydrogen-bond acceptors (Lipinski definition) is 7. The van der Waals surface area contributed by atoms with E-state index in [1.807, 2.05) is 0 Å². The fraction of sp³-hybridized carbons (Fsp3) is 0.231. The van der Waals surface area contributed by atoms with Crippen LogP contribution in [0.4, 0.5) is 0 Å². The first-order valence-electron chi connectivity index (χ1n) is 10.8. The van der Waals surface area contributed by atoms with Gasteiger partial charge in [0.1, 0.15) is 17.2 Å². The molecule has 35 heavy (non-hydrogen) atoms. The van der Waals surface area contributed by atoms with E-state index in [4.69, 9.17) is 18.9 Å². The topological polar surface area (TPSA) is 132 Å². The Balaban J connectivity index is 1.85. The summed E-state index contributed by atoms with van der Waals surface area (Å²) >= 11 is 0. The van der Waals surface area contributed by atoms with Crippen molar-refractivity contribution in [2.75, 3.05) is 20.5 Å². The van der Waals surface area contributed by atoms with Crippen LogP contribution in [0.2, 0.25) is 0 Å². The van der Waals surface area contributed by atoms with E-state index in [2.05, 4.69) is 0 Å². The Bertz CT molecular complexity index is 1330. The summed E-state index contributed by atoms with van der Waals surface area (Å²) in [7, 11) is 1.47. The molecule has 1 aliphatic carbocycles. The molecule has 2 unspecified atom stereocenters. The number of phenols is 1. The lowest BCUT2D eigenvalue weighted by molar-refractivity contribution is -0.143. The zero-order chi connectivity index (χ0) is 24.7. The summed E-state index contributed by atoms with van der Waals surface area (Å²) in [6.07, 6.45) is 0.137. The van der Waals surface area contributed by atoms with Crippen LogP contribution >= 0.6 is 0 Å². The lowest BCUT2D eigenvalue weighted by atomic mass is 9.64. The Morgan fingerprint density at radius 3 is 2.51 bits per heavy atom. The number of carbonyl (C=O) groups is 2. The van der Waals surface area contributed by atoms with Crippen molar-refractivity contribution in [3.63, 3.8) is 0 Å². The second-order valence-corrected chi connectivity index (χ2v) is 8.36. The van der Waals surface area contributed by atoms with E-state index in [0.29, 0.717) is 39.5 Å². The van der Waals surface area contributed by atoms with Crippen LogP contribution in [0.1, 0.15) is 22.3 Å². The molecule has 2 aliphatic rings. The molecule has 1 heterocycles. The van der Waals surface area contributed by atoms with Gasteiger partial charge in [0.2, 0.25) is 6.79 Å². The molecule has 180 valence electrons. The normalized spacial score (nSPS) is 19.7. The highest BCUT2D eigenvalue weighted by Crippen LogP contribution is 2.56. The average molecular weight is 478 g/mol. The number of rotatable bonds is 7. The zero-order valence-corrected chi connectivity index (χ0v) is 18.7.